The van der Waals surface area contributed by atoms with Crippen LogP contribution in [0.2, 0.25) is 0 Å². The Morgan fingerprint density at radius 3 is 2.44 bits per heavy atom. The summed E-state index contributed by atoms with van der Waals surface area (Å²) in [7, 11) is -3.67. The molecule has 2 N–H and O–H groups in total. The molecule has 0 amide bonds. The maximum atomic E-state index is 12.0. The summed E-state index contributed by atoms with van der Waals surface area (Å²) in [5.41, 5.74) is 0.483. The van der Waals surface area contributed by atoms with Crippen LogP contribution in [0.4, 0.5) is 0 Å². The van der Waals surface area contributed by atoms with Gasteiger partial charge in [-0.1, -0.05) is 13.0 Å². The molecule has 1 aromatic rings. The van der Waals surface area contributed by atoms with Crippen LogP contribution in [0.3, 0.4) is 0 Å². The van der Waals surface area contributed by atoms with Crippen molar-refractivity contribution in [1.82, 2.24) is 0 Å². The van der Waals surface area contributed by atoms with Crippen LogP contribution in [0.15, 0.2) is 23.1 Å². The number of aliphatic hydroxyl groups excluding tert-OH is 1. The highest BCUT2D eigenvalue weighted by molar-refractivity contribution is 7.91. The Bertz CT molecular complexity index is 546. The largest absolute Gasteiger partial charge is 0.478 e. The lowest BCUT2D eigenvalue weighted by molar-refractivity contribution is 0.0696. The number of carboxylic acids is 1. The smallest absolute Gasteiger partial charge is 0.335 e. The predicted molar refractivity (Wildman–Crippen MR) is 66.5 cm³/mol. The van der Waals surface area contributed by atoms with Crippen LogP contribution < -0.4 is 0 Å². The molecule has 0 saturated heterocycles. The molecule has 100 valence electrons. The molecule has 18 heavy (non-hydrogen) atoms. The Morgan fingerprint density at radius 2 is 2.00 bits per heavy atom. The molecule has 0 aromatic heterocycles. The van der Waals surface area contributed by atoms with Gasteiger partial charge in [-0.25, -0.2) is 13.2 Å². The number of aryl methyl sites for hydroxylation is 1. The van der Waals surface area contributed by atoms with Gasteiger partial charge in [-0.2, -0.15) is 0 Å². The van der Waals surface area contributed by atoms with Gasteiger partial charge in [0.25, 0.3) is 0 Å². The zero-order valence-corrected chi connectivity index (χ0v) is 11.1. The summed E-state index contributed by atoms with van der Waals surface area (Å²) in [5, 5.41) is 18.1. The molecule has 0 saturated carbocycles. The Hall–Kier alpha value is -1.40. The number of hydrogen-bond donors (Lipinski definition) is 2. The zero-order valence-electron chi connectivity index (χ0n) is 10.3. The SMILES string of the molecule is CCc1ccc(C(=O)O)cc1S(=O)(=O)CC(C)O. The number of benzene rings is 1. The molecule has 0 aliphatic rings. The highest BCUT2D eigenvalue weighted by Gasteiger charge is 2.21. The molecule has 5 nitrogen and oxygen atoms in total. The average molecular weight is 272 g/mol. The second-order valence-corrected chi connectivity index (χ2v) is 6.11. The van der Waals surface area contributed by atoms with Crippen LogP contribution in [0.1, 0.15) is 29.8 Å². The van der Waals surface area contributed by atoms with Crippen LogP contribution in [-0.4, -0.2) is 36.5 Å². The number of aromatic carboxylic acids is 1. The van der Waals surface area contributed by atoms with E-state index in [2.05, 4.69) is 0 Å². The maximum Gasteiger partial charge on any atom is 0.335 e. The molecular formula is C12H16O5S. The summed E-state index contributed by atoms with van der Waals surface area (Å²) < 4.78 is 24.1. The van der Waals surface area contributed by atoms with E-state index in [1.807, 2.05) is 0 Å². The van der Waals surface area contributed by atoms with Crippen molar-refractivity contribution in [3.63, 3.8) is 0 Å². The highest BCUT2D eigenvalue weighted by atomic mass is 32.2. The van der Waals surface area contributed by atoms with E-state index in [1.54, 1.807) is 6.92 Å². The van der Waals surface area contributed by atoms with Gasteiger partial charge in [0.2, 0.25) is 0 Å². The first-order chi connectivity index (χ1) is 8.27. The van der Waals surface area contributed by atoms with E-state index in [0.717, 1.165) is 6.07 Å². The van der Waals surface area contributed by atoms with Crippen molar-refractivity contribution in [2.45, 2.75) is 31.3 Å². The van der Waals surface area contributed by atoms with E-state index < -0.39 is 27.7 Å². The van der Waals surface area contributed by atoms with E-state index in [-0.39, 0.29) is 10.5 Å². The first-order valence-corrected chi connectivity index (χ1v) is 7.20. The van der Waals surface area contributed by atoms with Crippen molar-refractivity contribution in [2.24, 2.45) is 0 Å². The minimum absolute atomic E-state index is 0.00852. The fraction of sp³-hybridized carbons (Fsp3) is 0.417. The van der Waals surface area contributed by atoms with Gasteiger partial charge in [0.1, 0.15) is 0 Å². The molecule has 0 radical (unpaired) electrons. The van der Waals surface area contributed by atoms with Gasteiger partial charge in [-0.3, -0.25) is 0 Å². The van der Waals surface area contributed by atoms with Crippen LogP contribution in [0.5, 0.6) is 0 Å². The summed E-state index contributed by atoms with van der Waals surface area (Å²) in [5.74, 6) is -1.59. The van der Waals surface area contributed by atoms with Crippen molar-refractivity contribution in [2.75, 3.05) is 5.75 Å². The minimum Gasteiger partial charge on any atom is -0.478 e. The van der Waals surface area contributed by atoms with E-state index in [0.29, 0.717) is 12.0 Å². The van der Waals surface area contributed by atoms with Gasteiger partial charge in [-0.15, -0.1) is 0 Å². The van der Waals surface area contributed by atoms with Gasteiger partial charge in [0.15, 0.2) is 9.84 Å². The standard InChI is InChI=1S/C12H16O5S/c1-3-9-4-5-10(12(14)15)6-11(9)18(16,17)7-8(2)13/h4-6,8,13H,3,7H2,1-2H3,(H,14,15). The zero-order chi connectivity index (χ0) is 13.9. The molecule has 1 atom stereocenters. The van der Waals surface area contributed by atoms with E-state index in [9.17, 15) is 18.3 Å². The highest BCUT2D eigenvalue weighted by Crippen LogP contribution is 2.20. The van der Waals surface area contributed by atoms with E-state index in [1.165, 1.54) is 19.1 Å². The van der Waals surface area contributed by atoms with Gasteiger partial charge in [0, 0.05) is 0 Å². The van der Waals surface area contributed by atoms with Crippen molar-refractivity contribution < 1.29 is 23.4 Å². The molecule has 6 heteroatoms. The molecule has 1 unspecified atom stereocenters. The van der Waals surface area contributed by atoms with Gasteiger partial charge in [-0.05, 0) is 31.0 Å². The molecule has 1 rings (SSSR count). The van der Waals surface area contributed by atoms with Crippen molar-refractivity contribution in [1.29, 1.82) is 0 Å². The van der Waals surface area contributed by atoms with Crippen molar-refractivity contribution in [3.8, 4) is 0 Å². The lowest BCUT2D eigenvalue weighted by atomic mass is 10.1. The summed E-state index contributed by atoms with van der Waals surface area (Å²) >= 11 is 0. The Labute approximate surface area is 106 Å². The normalized spacial score (nSPS) is 13.3. The van der Waals surface area contributed by atoms with Crippen LogP contribution in [0, 0.1) is 0 Å². The number of carboxylic acid groups (broad SMARTS) is 1. The summed E-state index contributed by atoms with van der Waals surface area (Å²) in [6.45, 7) is 3.17. The second kappa shape index (κ2) is 5.49. The molecule has 0 aliphatic heterocycles. The number of hydrogen-bond acceptors (Lipinski definition) is 4. The number of sulfone groups is 1. The summed E-state index contributed by atoms with van der Waals surface area (Å²) in [6.07, 6.45) is -0.512. The first-order valence-electron chi connectivity index (χ1n) is 5.55. The third-order valence-electron chi connectivity index (χ3n) is 2.49. The molecule has 0 aliphatic carbocycles. The van der Waals surface area contributed by atoms with Gasteiger partial charge < -0.3 is 10.2 Å². The second-order valence-electron chi connectivity index (χ2n) is 4.11. The molecule has 0 heterocycles. The summed E-state index contributed by atoms with van der Waals surface area (Å²) in [6, 6.07) is 4.03. The van der Waals surface area contributed by atoms with Crippen molar-refractivity contribution in [3.05, 3.63) is 29.3 Å². The third kappa shape index (κ3) is 3.30. The number of carbonyl (C=O) groups is 1. The minimum atomic E-state index is -3.67. The molecule has 0 spiro atoms. The third-order valence-corrected chi connectivity index (χ3v) is 4.46. The monoisotopic (exact) mass is 272 g/mol. The van der Waals surface area contributed by atoms with Gasteiger partial charge in [0.05, 0.1) is 22.3 Å². The maximum absolute atomic E-state index is 12.0. The van der Waals surface area contributed by atoms with Crippen LogP contribution >= 0.6 is 0 Å². The van der Waals surface area contributed by atoms with Gasteiger partial charge >= 0.3 is 5.97 Å². The number of aliphatic hydroxyl groups is 1. The molecule has 1 aromatic carbocycles. The van der Waals surface area contributed by atoms with Crippen LogP contribution in [-0.2, 0) is 16.3 Å². The Balaban J connectivity index is 3.36. The molecule has 0 bridgehead atoms. The fourth-order valence-electron chi connectivity index (χ4n) is 1.68. The van der Waals surface area contributed by atoms with E-state index in [4.69, 9.17) is 5.11 Å². The first kappa shape index (κ1) is 14.7. The molecule has 0 fully saturated rings. The van der Waals surface area contributed by atoms with E-state index >= 15 is 0 Å². The summed E-state index contributed by atoms with van der Waals surface area (Å²) in [4.78, 5) is 10.8. The van der Waals surface area contributed by atoms with Crippen molar-refractivity contribution >= 4 is 15.8 Å². The Kier molecular flexibility index (Phi) is 4.48. The predicted octanol–water partition coefficient (Wildman–Crippen LogP) is 1.10. The lowest BCUT2D eigenvalue weighted by Crippen LogP contribution is -2.19. The Morgan fingerprint density at radius 1 is 1.39 bits per heavy atom. The average Bonchev–Trinajstić information content (AvgIpc) is 2.26. The van der Waals surface area contributed by atoms with Crippen LogP contribution in [0.25, 0.3) is 0 Å². The topological polar surface area (TPSA) is 91.7 Å². The lowest BCUT2D eigenvalue weighted by Gasteiger charge is -2.11. The number of rotatable bonds is 5. The quantitative estimate of drug-likeness (QED) is 0.837. The fourth-order valence-corrected chi connectivity index (χ4v) is 3.41. The molecular weight excluding hydrogens is 256 g/mol.